The van der Waals surface area contributed by atoms with E-state index in [2.05, 4.69) is 15.8 Å². The Labute approximate surface area is 171 Å². The van der Waals surface area contributed by atoms with Crippen LogP contribution in [-0.2, 0) is 0 Å². The maximum Gasteiger partial charge on any atom is 0.275 e. The Morgan fingerprint density at radius 2 is 1.79 bits per heavy atom. The van der Waals surface area contributed by atoms with Gasteiger partial charge >= 0.3 is 0 Å². The Morgan fingerprint density at radius 1 is 1.00 bits per heavy atom. The fourth-order valence-corrected chi connectivity index (χ4v) is 3.30. The summed E-state index contributed by atoms with van der Waals surface area (Å²) in [7, 11) is 0. The lowest BCUT2D eigenvalue weighted by Gasteiger charge is -2.08. The van der Waals surface area contributed by atoms with Crippen LogP contribution in [0.1, 0.15) is 37.4 Å². The van der Waals surface area contributed by atoms with Crippen LogP contribution >= 0.6 is 11.3 Å². The van der Waals surface area contributed by atoms with Crippen LogP contribution in [0.25, 0.3) is 0 Å². The van der Waals surface area contributed by atoms with Crippen molar-refractivity contribution in [2.75, 3.05) is 5.32 Å². The molecule has 0 aliphatic rings. The van der Waals surface area contributed by atoms with Gasteiger partial charge in [-0.05, 0) is 61.9 Å². The fraction of sp³-hybridized carbons (Fsp3) is 0.0952. The second kappa shape index (κ2) is 8.57. The molecule has 0 bridgehead atoms. The molecule has 2 aromatic carbocycles. The number of benzene rings is 2. The topological polar surface area (TPSA) is 111 Å². The molecule has 2 amide bonds. The van der Waals surface area contributed by atoms with Gasteiger partial charge in [0.1, 0.15) is 11.5 Å². The number of nitrogens with zero attached hydrogens (tertiary/aromatic N) is 1. The van der Waals surface area contributed by atoms with E-state index in [1.807, 2.05) is 13.0 Å². The second-order valence-corrected chi connectivity index (χ2v) is 7.57. The highest BCUT2D eigenvalue weighted by atomic mass is 32.1. The van der Waals surface area contributed by atoms with E-state index in [4.69, 9.17) is 0 Å². The summed E-state index contributed by atoms with van der Waals surface area (Å²) in [5.41, 5.74) is 4.06. The number of aromatic hydroxyl groups is 2. The van der Waals surface area contributed by atoms with Gasteiger partial charge in [-0.2, -0.15) is 5.10 Å². The van der Waals surface area contributed by atoms with E-state index >= 15 is 0 Å². The Hall–Kier alpha value is -3.65. The Kier molecular flexibility index (Phi) is 5.94. The minimum atomic E-state index is -0.657. The smallest absolute Gasteiger partial charge is 0.275 e. The minimum absolute atomic E-state index is 0.0891. The van der Waals surface area contributed by atoms with E-state index in [0.29, 0.717) is 21.8 Å². The first kappa shape index (κ1) is 20.1. The molecule has 0 radical (unpaired) electrons. The van der Waals surface area contributed by atoms with E-state index < -0.39 is 5.91 Å². The normalized spacial score (nSPS) is 11.2. The molecule has 3 aromatic rings. The summed E-state index contributed by atoms with van der Waals surface area (Å²) in [5, 5.41) is 26.1. The number of nitrogens with one attached hydrogen (secondary N) is 2. The van der Waals surface area contributed by atoms with Crippen LogP contribution in [-0.4, -0.2) is 27.7 Å². The SMILES string of the molecule is C/C(=N\NC(=O)c1cc(O)ccc1O)c1cccc(NC(=O)c2ccc(C)s2)c1. The van der Waals surface area contributed by atoms with E-state index in [1.54, 1.807) is 37.3 Å². The predicted molar refractivity (Wildman–Crippen MR) is 113 cm³/mol. The summed E-state index contributed by atoms with van der Waals surface area (Å²) in [6.45, 7) is 3.64. The Balaban J connectivity index is 1.71. The molecule has 0 spiro atoms. The molecule has 0 fully saturated rings. The first-order valence-electron chi connectivity index (χ1n) is 8.68. The number of hydrazone groups is 1. The van der Waals surface area contributed by atoms with E-state index in [9.17, 15) is 19.8 Å². The van der Waals surface area contributed by atoms with Gasteiger partial charge in [0.2, 0.25) is 0 Å². The van der Waals surface area contributed by atoms with Crippen molar-refractivity contribution in [3.63, 3.8) is 0 Å². The zero-order valence-corrected chi connectivity index (χ0v) is 16.6. The molecule has 1 aromatic heterocycles. The van der Waals surface area contributed by atoms with E-state index in [1.165, 1.54) is 23.5 Å². The average Bonchev–Trinajstić information content (AvgIpc) is 3.14. The Morgan fingerprint density at radius 3 is 2.52 bits per heavy atom. The lowest BCUT2D eigenvalue weighted by atomic mass is 10.1. The van der Waals surface area contributed by atoms with Crippen molar-refractivity contribution in [3.05, 3.63) is 75.5 Å². The zero-order chi connectivity index (χ0) is 21.0. The lowest BCUT2D eigenvalue weighted by Crippen LogP contribution is -2.19. The fourth-order valence-electron chi connectivity index (χ4n) is 2.54. The van der Waals surface area contributed by atoms with Crippen LogP contribution in [0.15, 0.2) is 59.7 Å². The highest BCUT2D eigenvalue weighted by molar-refractivity contribution is 7.14. The van der Waals surface area contributed by atoms with Crippen LogP contribution in [0, 0.1) is 6.92 Å². The van der Waals surface area contributed by atoms with Crippen molar-refractivity contribution >= 4 is 34.6 Å². The van der Waals surface area contributed by atoms with Crippen LogP contribution in [0.4, 0.5) is 5.69 Å². The molecule has 0 aliphatic heterocycles. The molecule has 0 saturated heterocycles. The molecule has 29 heavy (non-hydrogen) atoms. The van der Waals surface area contributed by atoms with Gasteiger partial charge in [-0.25, -0.2) is 5.43 Å². The van der Waals surface area contributed by atoms with Gasteiger partial charge in [0, 0.05) is 10.6 Å². The molecule has 3 rings (SSSR count). The summed E-state index contributed by atoms with van der Waals surface area (Å²) >= 11 is 1.42. The number of anilines is 1. The maximum absolute atomic E-state index is 12.3. The summed E-state index contributed by atoms with van der Waals surface area (Å²) in [5.74, 6) is -1.25. The summed E-state index contributed by atoms with van der Waals surface area (Å²) in [6.07, 6.45) is 0. The zero-order valence-electron chi connectivity index (χ0n) is 15.8. The minimum Gasteiger partial charge on any atom is -0.508 e. The van der Waals surface area contributed by atoms with E-state index in [0.717, 1.165) is 10.9 Å². The lowest BCUT2D eigenvalue weighted by molar-refractivity contribution is 0.0951. The third kappa shape index (κ3) is 4.99. The molecular formula is C21H19N3O4S. The van der Waals surface area contributed by atoms with Gasteiger partial charge < -0.3 is 15.5 Å². The molecular weight excluding hydrogens is 390 g/mol. The molecule has 0 unspecified atom stereocenters. The van der Waals surface area contributed by atoms with Crippen LogP contribution < -0.4 is 10.7 Å². The van der Waals surface area contributed by atoms with Gasteiger partial charge in [-0.1, -0.05) is 12.1 Å². The van der Waals surface area contributed by atoms with Gasteiger partial charge in [-0.3, -0.25) is 9.59 Å². The third-order valence-electron chi connectivity index (χ3n) is 4.05. The largest absolute Gasteiger partial charge is 0.508 e. The Bertz CT molecular complexity index is 1100. The number of hydrogen-bond donors (Lipinski definition) is 4. The standard InChI is InChI=1S/C21H19N3O4S/c1-12-6-9-19(29-12)21(28)22-15-5-3-4-14(10-15)13(2)23-24-20(27)17-11-16(25)7-8-18(17)26/h3-11,25-26H,1-2H3,(H,22,28)(H,24,27)/b23-13+. The monoisotopic (exact) mass is 409 g/mol. The number of carbonyl (C=O) groups excluding carboxylic acids is 2. The number of phenolic OH excluding ortho intramolecular Hbond substituents is 2. The molecule has 0 aliphatic carbocycles. The summed E-state index contributed by atoms with van der Waals surface area (Å²) in [4.78, 5) is 26.2. The van der Waals surface area contributed by atoms with Crippen LogP contribution in [0.3, 0.4) is 0 Å². The number of carbonyl (C=O) groups is 2. The number of amides is 2. The summed E-state index contributed by atoms with van der Waals surface area (Å²) < 4.78 is 0. The number of phenols is 2. The van der Waals surface area contributed by atoms with Crippen molar-refractivity contribution < 1.29 is 19.8 Å². The number of aryl methyl sites for hydroxylation is 1. The maximum atomic E-state index is 12.3. The van der Waals surface area contributed by atoms with Gasteiger partial charge in [-0.15, -0.1) is 11.3 Å². The molecule has 7 nitrogen and oxygen atoms in total. The first-order chi connectivity index (χ1) is 13.8. The second-order valence-electron chi connectivity index (χ2n) is 6.28. The molecule has 8 heteroatoms. The van der Waals surface area contributed by atoms with Gasteiger partial charge in [0.15, 0.2) is 0 Å². The van der Waals surface area contributed by atoms with E-state index in [-0.39, 0.29) is 23.0 Å². The van der Waals surface area contributed by atoms with Crippen molar-refractivity contribution in [2.24, 2.45) is 5.10 Å². The molecule has 1 heterocycles. The van der Waals surface area contributed by atoms with Crippen molar-refractivity contribution in [3.8, 4) is 11.5 Å². The number of thiophene rings is 1. The predicted octanol–water partition coefficient (Wildman–Crippen LogP) is 3.87. The summed E-state index contributed by atoms with van der Waals surface area (Å²) in [6, 6.07) is 14.4. The quantitative estimate of drug-likeness (QED) is 0.291. The molecule has 0 atom stereocenters. The van der Waals surface area contributed by atoms with Crippen molar-refractivity contribution in [2.45, 2.75) is 13.8 Å². The van der Waals surface area contributed by atoms with Gasteiger partial charge in [0.05, 0.1) is 16.2 Å². The average molecular weight is 409 g/mol. The third-order valence-corrected chi connectivity index (χ3v) is 5.05. The highest BCUT2D eigenvalue weighted by Gasteiger charge is 2.12. The number of rotatable bonds is 5. The number of hydrogen-bond acceptors (Lipinski definition) is 6. The van der Waals surface area contributed by atoms with Crippen molar-refractivity contribution in [1.29, 1.82) is 0 Å². The van der Waals surface area contributed by atoms with Crippen molar-refractivity contribution in [1.82, 2.24) is 5.43 Å². The van der Waals surface area contributed by atoms with Gasteiger partial charge in [0.25, 0.3) is 11.8 Å². The molecule has 4 N–H and O–H groups in total. The first-order valence-corrected chi connectivity index (χ1v) is 9.50. The molecule has 148 valence electrons. The van der Waals surface area contributed by atoms with Crippen LogP contribution in [0.5, 0.6) is 11.5 Å². The molecule has 0 saturated carbocycles. The van der Waals surface area contributed by atoms with Crippen LogP contribution in [0.2, 0.25) is 0 Å². The highest BCUT2D eigenvalue weighted by Crippen LogP contribution is 2.22.